The average molecular weight is 280 g/mol. The molecule has 2 atom stereocenters. The van der Waals surface area contributed by atoms with E-state index in [4.69, 9.17) is 4.74 Å². The van der Waals surface area contributed by atoms with Crippen molar-refractivity contribution in [3.63, 3.8) is 0 Å². The summed E-state index contributed by atoms with van der Waals surface area (Å²) in [5.41, 5.74) is 1.15. The standard InChI is InChI=1S/C14H20N2O2S/c17-14(16-13-9-15-6-7-18-13)12(10-19)8-11-4-2-1-3-5-11/h1-5,12-13,15,19H,6-10H2,(H,16,17). The Morgan fingerprint density at radius 2 is 2.26 bits per heavy atom. The van der Waals surface area contributed by atoms with E-state index in [1.807, 2.05) is 30.3 Å². The third-order valence-corrected chi connectivity index (χ3v) is 3.59. The van der Waals surface area contributed by atoms with Crippen LogP contribution in [0.5, 0.6) is 0 Å². The Kier molecular flexibility index (Phi) is 5.69. The summed E-state index contributed by atoms with van der Waals surface area (Å²) in [4.78, 5) is 12.2. The molecule has 2 unspecified atom stereocenters. The number of benzene rings is 1. The summed E-state index contributed by atoms with van der Waals surface area (Å²) in [7, 11) is 0. The van der Waals surface area contributed by atoms with Gasteiger partial charge in [0, 0.05) is 18.8 Å². The van der Waals surface area contributed by atoms with Crippen LogP contribution in [0.2, 0.25) is 0 Å². The topological polar surface area (TPSA) is 50.4 Å². The van der Waals surface area contributed by atoms with E-state index in [1.54, 1.807) is 0 Å². The first-order valence-corrected chi connectivity index (χ1v) is 7.20. The zero-order valence-electron chi connectivity index (χ0n) is 10.8. The molecular formula is C14H20N2O2S. The second-order valence-corrected chi connectivity index (χ2v) is 5.01. The fourth-order valence-electron chi connectivity index (χ4n) is 2.07. The lowest BCUT2D eigenvalue weighted by molar-refractivity contribution is -0.129. The molecule has 2 N–H and O–H groups in total. The minimum absolute atomic E-state index is 0.00699. The molecule has 19 heavy (non-hydrogen) atoms. The van der Waals surface area contributed by atoms with Crippen molar-refractivity contribution in [3.8, 4) is 0 Å². The lowest BCUT2D eigenvalue weighted by atomic mass is 10.0. The number of rotatable bonds is 5. The Morgan fingerprint density at radius 1 is 1.47 bits per heavy atom. The van der Waals surface area contributed by atoms with Gasteiger partial charge in [0.05, 0.1) is 12.5 Å². The molecule has 2 rings (SSSR count). The van der Waals surface area contributed by atoms with Crippen LogP contribution < -0.4 is 10.6 Å². The Morgan fingerprint density at radius 3 is 2.89 bits per heavy atom. The normalized spacial score (nSPS) is 20.8. The summed E-state index contributed by atoms with van der Waals surface area (Å²) in [6, 6.07) is 10.00. The maximum atomic E-state index is 12.2. The van der Waals surface area contributed by atoms with Crippen molar-refractivity contribution in [3.05, 3.63) is 35.9 Å². The number of hydrogen-bond acceptors (Lipinski definition) is 4. The van der Waals surface area contributed by atoms with Crippen LogP contribution in [0.4, 0.5) is 0 Å². The van der Waals surface area contributed by atoms with Gasteiger partial charge in [0.15, 0.2) is 0 Å². The maximum Gasteiger partial charge on any atom is 0.226 e. The van der Waals surface area contributed by atoms with Crippen molar-refractivity contribution in [1.82, 2.24) is 10.6 Å². The van der Waals surface area contributed by atoms with Gasteiger partial charge in [-0.2, -0.15) is 12.6 Å². The van der Waals surface area contributed by atoms with Crippen LogP contribution in [0, 0.1) is 5.92 Å². The van der Waals surface area contributed by atoms with E-state index in [-0.39, 0.29) is 18.1 Å². The molecule has 1 saturated heterocycles. The molecular weight excluding hydrogens is 260 g/mol. The molecule has 1 aliphatic rings. The van der Waals surface area contributed by atoms with E-state index in [0.717, 1.165) is 12.1 Å². The maximum absolute atomic E-state index is 12.2. The highest BCUT2D eigenvalue weighted by Gasteiger charge is 2.22. The fraction of sp³-hybridized carbons (Fsp3) is 0.500. The van der Waals surface area contributed by atoms with Gasteiger partial charge in [-0.3, -0.25) is 4.79 Å². The molecule has 4 nitrogen and oxygen atoms in total. The van der Waals surface area contributed by atoms with Crippen LogP contribution >= 0.6 is 12.6 Å². The van der Waals surface area contributed by atoms with Crippen molar-refractivity contribution in [2.75, 3.05) is 25.4 Å². The second kappa shape index (κ2) is 7.53. The van der Waals surface area contributed by atoms with E-state index >= 15 is 0 Å². The van der Waals surface area contributed by atoms with Gasteiger partial charge in [-0.1, -0.05) is 30.3 Å². The molecule has 1 aliphatic heterocycles. The zero-order valence-corrected chi connectivity index (χ0v) is 11.7. The van der Waals surface area contributed by atoms with E-state index in [1.165, 1.54) is 0 Å². The molecule has 0 saturated carbocycles. The van der Waals surface area contributed by atoms with E-state index in [9.17, 15) is 4.79 Å². The molecule has 0 radical (unpaired) electrons. The molecule has 1 fully saturated rings. The van der Waals surface area contributed by atoms with Crippen molar-refractivity contribution in [1.29, 1.82) is 0 Å². The third-order valence-electron chi connectivity index (χ3n) is 3.15. The smallest absolute Gasteiger partial charge is 0.226 e. The van der Waals surface area contributed by atoms with Crippen LogP contribution in [0.3, 0.4) is 0 Å². The molecule has 1 amide bonds. The average Bonchev–Trinajstić information content (AvgIpc) is 2.47. The first-order valence-electron chi connectivity index (χ1n) is 6.57. The van der Waals surface area contributed by atoms with E-state index < -0.39 is 0 Å². The van der Waals surface area contributed by atoms with Crippen LogP contribution in [0.15, 0.2) is 30.3 Å². The van der Waals surface area contributed by atoms with Crippen molar-refractivity contribution in [2.24, 2.45) is 5.92 Å². The van der Waals surface area contributed by atoms with Gasteiger partial charge in [-0.15, -0.1) is 0 Å². The molecule has 1 aromatic carbocycles. The Bertz CT molecular complexity index is 394. The molecule has 0 aliphatic carbocycles. The molecule has 5 heteroatoms. The lowest BCUT2D eigenvalue weighted by Gasteiger charge is -2.26. The molecule has 1 aromatic rings. The first-order chi connectivity index (χ1) is 9.29. The zero-order chi connectivity index (χ0) is 13.5. The number of carbonyl (C=O) groups excluding carboxylic acids is 1. The lowest BCUT2D eigenvalue weighted by Crippen LogP contribution is -2.50. The minimum atomic E-state index is -0.223. The summed E-state index contributed by atoms with van der Waals surface area (Å²) in [6.07, 6.45) is 0.482. The summed E-state index contributed by atoms with van der Waals surface area (Å²) in [5, 5.41) is 6.11. The number of nitrogens with one attached hydrogen (secondary N) is 2. The quantitative estimate of drug-likeness (QED) is 0.701. The Balaban J connectivity index is 1.87. The van der Waals surface area contributed by atoms with Gasteiger partial charge in [0.25, 0.3) is 0 Å². The fourth-order valence-corrected chi connectivity index (χ4v) is 2.37. The number of morpholine rings is 1. The SMILES string of the molecule is O=C(NC1CNCCO1)C(CS)Cc1ccccc1. The number of hydrogen-bond donors (Lipinski definition) is 3. The predicted molar refractivity (Wildman–Crippen MR) is 78.2 cm³/mol. The Labute approximate surface area is 119 Å². The second-order valence-electron chi connectivity index (χ2n) is 4.64. The summed E-state index contributed by atoms with van der Waals surface area (Å²) in [5.74, 6) is 0.407. The summed E-state index contributed by atoms with van der Waals surface area (Å²) < 4.78 is 5.47. The van der Waals surface area contributed by atoms with Gasteiger partial charge in [-0.05, 0) is 12.0 Å². The van der Waals surface area contributed by atoms with Gasteiger partial charge in [0.2, 0.25) is 5.91 Å². The summed E-state index contributed by atoms with van der Waals surface area (Å²) >= 11 is 4.29. The van der Waals surface area contributed by atoms with Gasteiger partial charge in [0.1, 0.15) is 6.23 Å². The van der Waals surface area contributed by atoms with Gasteiger partial charge in [-0.25, -0.2) is 0 Å². The van der Waals surface area contributed by atoms with Crippen LogP contribution in [-0.4, -0.2) is 37.6 Å². The monoisotopic (exact) mass is 280 g/mol. The largest absolute Gasteiger partial charge is 0.356 e. The van der Waals surface area contributed by atoms with Gasteiger partial charge < -0.3 is 15.4 Å². The molecule has 0 bridgehead atoms. The molecule has 1 heterocycles. The summed E-state index contributed by atoms with van der Waals surface area (Å²) in [6.45, 7) is 2.14. The number of carbonyl (C=O) groups is 1. The van der Waals surface area contributed by atoms with Crippen molar-refractivity contribution >= 4 is 18.5 Å². The van der Waals surface area contributed by atoms with Crippen molar-refractivity contribution in [2.45, 2.75) is 12.6 Å². The minimum Gasteiger partial charge on any atom is -0.356 e. The molecule has 0 spiro atoms. The predicted octanol–water partition coefficient (Wildman–Crippen LogP) is 0.837. The van der Waals surface area contributed by atoms with Crippen LogP contribution in [0.1, 0.15) is 5.56 Å². The van der Waals surface area contributed by atoms with E-state index in [2.05, 4.69) is 23.3 Å². The third kappa shape index (κ3) is 4.53. The highest BCUT2D eigenvalue weighted by Crippen LogP contribution is 2.11. The highest BCUT2D eigenvalue weighted by atomic mass is 32.1. The van der Waals surface area contributed by atoms with Gasteiger partial charge >= 0.3 is 0 Å². The number of thiol groups is 1. The number of ether oxygens (including phenoxy) is 1. The molecule has 0 aromatic heterocycles. The molecule has 104 valence electrons. The highest BCUT2D eigenvalue weighted by molar-refractivity contribution is 7.80. The van der Waals surface area contributed by atoms with Crippen LogP contribution in [-0.2, 0) is 16.0 Å². The van der Waals surface area contributed by atoms with Crippen LogP contribution in [0.25, 0.3) is 0 Å². The number of amides is 1. The Hall–Kier alpha value is -1.04. The first kappa shape index (κ1) is 14.4. The van der Waals surface area contributed by atoms with Crippen molar-refractivity contribution < 1.29 is 9.53 Å². The van der Waals surface area contributed by atoms with E-state index in [0.29, 0.717) is 25.3 Å².